The van der Waals surface area contributed by atoms with Gasteiger partial charge in [-0.05, 0) is 41.0 Å². The SMILES string of the molecule is CCC(C)(C)C(=O)Oc1cc(OC(C)OC)c(OC(C)OC)cc1OC(C)OC. The van der Waals surface area contributed by atoms with Gasteiger partial charge in [0.15, 0.2) is 41.9 Å². The Hall–Kier alpha value is -2.03. The molecule has 0 aliphatic carbocycles. The maximum Gasteiger partial charge on any atom is 0.317 e. The molecule has 8 nitrogen and oxygen atoms in total. The molecule has 8 heteroatoms. The third-order valence-electron chi connectivity index (χ3n) is 4.52. The van der Waals surface area contributed by atoms with E-state index in [4.69, 9.17) is 33.2 Å². The molecule has 0 aliphatic rings. The summed E-state index contributed by atoms with van der Waals surface area (Å²) < 4.78 is 38.5. The van der Waals surface area contributed by atoms with Gasteiger partial charge < -0.3 is 33.2 Å². The van der Waals surface area contributed by atoms with Crippen molar-refractivity contribution in [2.24, 2.45) is 5.41 Å². The average Bonchev–Trinajstić information content (AvgIpc) is 2.70. The van der Waals surface area contributed by atoms with E-state index in [9.17, 15) is 4.79 Å². The summed E-state index contributed by atoms with van der Waals surface area (Å²) in [4.78, 5) is 12.6. The van der Waals surface area contributed by atoms with E-state index in [1.54, 1.807) is 26.8 Å². The van der Waals surface area contributed by atoms with Gasteiger partial charge in [-0.2, -0.15) is 0 Å². The van der Waals surface area contributed by atoms with E-state index in [2.05, 4.69) is 0 Å². The number of carbonyl (C=O) groups excluding carboxylic acids is 1. The molecule has 29 heavy (non-hydrogen) atoms. The molecule has 1 rings (SSSR count). The summed E-state index contributed by atoms with van der Waals surface area (Å²) >= 11 is 0. The first-order valence-electron chi connectivity index (χ1n) is 9.56. The van der Waals surface area contributed by atoms with Crippen molar-refractivity contribution >= 4 is 5.97 Å². The van der Waals surface area contributed by atoms with E-state index in [0.717, 1.165) is 0 Å². The Kier molecular flexibility index (Phi) is 9.68. The summed E-state index contributed by atoms with van der Waals surface area (Å²) in [7, 11) is 4.56. The Bertz CT molecular complexity index is 658. The molecule has 1 aromatic rings. The number of hydrogen-bond acceptors (Lipinski definition) is 8. The zero-order chi connectivity index (χ0) is 22.2. The van der Waals surface area contributed by atoms with E-state index in [1.165, 1.54) is 27.4 Å². The fraction of sp³-hybridized carbons (Fsp3) is 0.667. The van der Waals surface area contributed by atoms with Gasteiger partial charge in [-0.1, -0.05) is 6.92 Å². The van der Waals surface area contributed by atoms with Gasteiger partial charge in [-0.25, -0.2) is 0 Å². The van der Waals surface area contributed by atoms with Gasteiger partial charge in [-0.3, -0.25) is 4.79 Å². The summed E-state index contributed by atoms with van der Waals surface area (Å²) in [6.45, 7) is 10.7. The van der Waals surface area contributed by atoms with Gasteiger partial charge in [0.2, 0.25) is 0 Å². The van der Waals surface area contributed by atoms with Crippen molar-refractivity contribution in [3.63, 3.8) is 0 Å². The first-order chi connectivity index (χ1) is 13.6. The molecule has 0 aliphatic heterocycles. The second kappa shape index (κ2) is 11.2. The quantitative estimate of drug-likeness (QED) is 0.287. The van der Waals surface area contributed by atoms with Crippen LogP contribution in [0.3, 0.4) is 0 Å². The van der Waals surface area contributed by atoms with Crippen molar-refractivity contribution in [2.75, 3.05) is 21.3 Å². The maximum atomic E-state index is 12.6. The minimum absolute atomic E-state index is 0.191. The number of ether oxygens (including phenoxy) is 7. The number of hydrogen-bond donors (Lipinski definition) is 0. The van der Waals surface area contributed by atoms with E-state index in [-0.39, 0.29) is 17.5 Å². The molecular formula is C21H34O8. The van der Waals surface area contributed by atoms with Crippen LogP contribution in [-0.4, -0.2) is 46.2 Å². The van der Waals surface area contributed by atoms with Gasteiger partial charge >= 0.3 is 5.97 Å². The molecule has 3 unspecified atom stereocenters. The van der Waals surface area contributed by atoms with Crippen LogP contribution in [0, 0.1) is 5.41 Å². The van der Waals surface area contributed by atoms with Crippen LogP contribution in [0.4, 0.5) is 0 Å². The Balaban J connectivity index is 3.43. The van der Waals surface area contributed by atoms with Crippen LogP contribution in [0.1, 0.15) is 48.0 Å². The number of benzene rings is 1. The molecule has 0 fully saturated rings. The molecule has 0 saturated carbocycles. The second-order valence-corrected chi connectivity index (χ2v) is 7.14. The molecular weight excluding hydrogens is 380 g/mol. The Morgan fingerprint density at radius 1 is 0.793 bits per heavy atom. The minimum atomic E-state index is -0.662. The Morgan fingerprint density at radius 3 is 1.48 bits per heavy atom. The molecule has 0 heterocycles. The van der Waals surface area contributed by atoms with Gasteiger partial charge in [0.05, 0.1) is 5.41 Å². The molecule has 0 spiro atoms. The van der Waals surface area contributed by atoms with E-state index in [0.29, 0.717) is 17.9 Å². The Labute approximate surface area is 173 Å². The second-order valence-electron chi connectivity index (χ2n) is 7.14. The maximum absolute atomic E-state index is 12.6. The summed E-state index contributed by atoms with van der Waals surface area (Å²) in [5, 5.41) is 0. The lowest BCUT2D eigenvalue weighted by Crippen LogP contribution is -2.28. The fourth-order valence-corrected chi connectivity index (χ4v) is 1.94. The van der Waals surface area contributed by atoms with Gasteiger partial charge in [0.1, 0.15) is 0 Å². The molecule has 1 aromatic carbocycles. The molecule has 0 bridgehead atoms. The smallest absolute Gasteiger partial charge is 0.317 e. The zero-order valence-corrected chi connectivity index (χ0v) is 18.9. The largest absolute Gasteiger partial charge is 0.461 e. The predicted octanol–water partition coefficient (Wildman–Crippen LogP) is 4.14. The summed E-state index contributed by atoms with van der Waals surface area (Å²) in [5.41, 5.74) is -0.662. The third kappa shape index (κ3) is 7.38. The van der Waals surface area contributed by atoms with Crippen molar-refractivity contribution in [1.29, 1.82) is 0 Å². The third-order valence-corrected chi connectivity index (χ3v) is 4.52. The normalized spacial score (nSPS) is 14.7. The molecule has 166 valence electrons. The van der Waals surface area contributed by atoms with Crippen LogP contribution in [-0.2, 0) is 19.0 Å². The number of rotatable bonds is 12. The van der Waals surface area contributed by atoms with Crippen LogP contribution in [0.15, 0.2) is 12.1 Å². The number of methoxy groups -OCH3 is 3. The van der Waals surface area contributed by atoms with E-state index < -0.39 is 24.3 Å². The van der Waals surface area contributed by atoms with Crippen LogP contribution < -0.4 is 18.9 Å². The monoisotopic (exact) mass is 414 g/mol. The predicted molar refractivity (Wildman–Crippen MR) is 107 cm³/mol. The highest BCUT2D eigenvalue weighted by Gasteiger charge is 2.30. The number of esters is 1. The highest BCUT2D eigenvalue weighted by atomic mass is 16.7. The molecule has 0 saturated heterocycles. The summed E-state index contributed by atoms with van der Waals surface area (Å²) in [6.07, 6.45) is -1.07. The van der Waals surface area contributed by atoms with Crippen LogP contribution >= 0.6 is 0 Å². The molecule has 0 amide bonds. The van der Waals surface area contributed by atoms with Crippen LogP contribution in [0.25, 0.3) is 0 Å². The lowest BCUT2D eigenvalue weighted by Gasteiger charge is -2.24. The zero-order valence-electron chi connectivity index (χ0n) is 18.9. The molecule has 0 aromatic heterocycles. The lowest BCUT2D eigenvalue weighted by atomic mass is 9.91. The summed E-state index contributed by atoms with van der Waals surface area (Å²) in [5.74, 6) is 0.736. The van der Waals surface area contributed by atoms with Gasteiger partial charge in [-0.15, -0.1) is 0 Å². The minimum Gasteiger partial charge on any atom is -0.461 e. The topological polar surface area (TPSA) is 81.7 Å². The Morgan fingerprint density at radius 2 is 1.14 bits per heavy atom. The number of carbonyl (C=O) groups is 1. The average molecular weight is 414 g/mol. The van der Waals surface area contributed by atoms with Gasteiger partial charge in [0.25, 0.3) is 0 Å². The van der Waals surface area contributed by atoms with Gasteiger partial charge in [0, 0.05) is 33.5 Å². The van der Waals surface area contributed by atoms with Crippen molar-refractivity contribution < 1.29 is 38.0 Å². The van der Waals surface area contributed by atoms with Crippen LogP contribution in [0.2, 0.25) is 0 Å². The van der Waals surface area contributed by atoms with E-state index >= 15 is 0 Å². The summed E-state index contributed by atoms with van der Waals surface area (Å²) in [6, 6.07) is 3.11. The standard InChI is InChI=1S/C21H34O8/c1-10-21(5,6)20(22)29-19-12-17(27-14(3)24-8)16(26-13(2)23-7)11-18(19)28-15(4)25-9/h11-15H,10H2,1-9H3. The van der Waals surface area contributed by atoms with Crippen molar-refractivity contribution in [2.45, 2.75) is 66.8 Å². The van der Waals surface area contributed by atoms with E-state index in [1.807, 2.05) is 20.8 Å². The van der Waals surface area contributed by atoms with Crippen LogP contribution in [0.5, 0.6) is 23.0 Å². The highest BCUT2D eigenvalue weighted by molar-refractivity contribution is 5.79. The lowest BCUT2D eigenvalue weighted by molar-refractivity contribution is -0.144. The highest BCUT2D eigenvalue weighted by Crippen LogP contribution is 2.42. The first-order valence-corrected chi connectivity index (χ1v) is 9.56. The fourth-order valence-electron chi connectivity index (χ4n) is 1.94. The molecule has 0 radical (unpaired) electrons. The van der Waals surface area contributed by atoms with Crippen molar-refractivity contribution in [3.8, 4) is 23.0 Å². The molecule has 3 atom stereocenters. The molecule has 0 N–H and O–H groups in total. The first kappa shape index (κ1) is 25.0. The van der Waals surface area contributed by atoms with Crippen molar-refractivity contribution in [1.82, 2.24) is 0 Å². The van der Waals surface area contributed by atoms with Crippen molar-refractivity contribution in [3.05, 3.63) is 12.1 Å².